The number of ether oxygens (including phenoxy) is 1. The van der Waals surface area contributed by atoms with Crippen molar-refractivity contribution in [1.82, 2.24) is 19.7 Å². The quantitative estimate of drug-likeness (QED) is 0.390. The van der Waals surface area contributed by atoms with Gasteiger partial charge in [0.1, 0.15) is 17.1 Å². The molecule has 0 saturated heterocycles. The minimum atomic E-state index is -0.468. The predicted octanol–water partition coefficient (Wildman–Crippen LogP) is 4.61. The molecule has 5 rings (SSSR count). The van der Waals surface area contributed by atoms with Gasteiger partial charge in [0.2, 0.25) is 0 Å². The Morgan fingerprint density at radius 1 is 1.11 bits per heavy atom. The Hall–Kier alpha value is -4.17. The summed E-state index contributed by atoms with van der Waals surface area (Å²) in [7, 11) is 3.27. The number of aryl methyl sites for hydroxylation is 1. The number of hydrogen-bond donors (Lipinski definition) is 1. The zero-order valence-electron chi connectivity index (χ0n) is 18.9. The molecule has 1 amide bonds. The predicted molar refractivity (Wildman–Crippen MR) is 133 cm³/mol. The monoisotopic (exact) mass is 490 g/mol. The van der Waals surface area contributed by atoms with Gasteiger partial charge in [-0.1, -0.05) is 41.9 Å². The molecule has 35 heavy (non-hydrogen) atoms. The van der Waals surface area contributed by atoms with E-state index in [1.54, 1.807) is 41.9 Å². The summed E-state index contributed by atoms with van der Waals surface area (Å²) in [5, 5.41) is 8.81. The average molecular weight is 491 g/mol. The third kappa shape index (κ3) is 3.91. The van der Waals surface area contributed by atoms with Crippen molar-refractivity contribution in [3.8, 4) is 11.4 Å². The standard InChI is InChI=1S/C26H20ClFN4O3/c1-31-20-6-4-3-5-18(20)22-23(25(33)29-14-15-7-9-16(28)10-8-15)30-32(26(34)24(22)31)17-11-12-21(35-2)19(27)13-17/h3-13H,14H2,1-2H3,(H,29,33). The van der Waals surface area contributed by atoms with Gasteiger partial charge >= 0.3 is 0 Å². The molecule has 3 aromatic carbocycles. The summed E-state index contributed by atoms with van der Waals surface area (Å²) >= 11 is 6.30. The maximum atomic E-state index is 13.6. The van der Waals surface area contributed by atoms with Gasteiger partial charge in [0.15, 0.2) is 5.69 Å². The molecular weight excluding hydrogens is 471 g/mol. The van der Waals surface area contributed by atoms with E-state index in [4.69, 9.17) is 16.3 Å². The van der Waals surface area contributed by atoms with E-state index in [9.17, 15) is 14.0 Å². The molecule has 1 N–H and O–H groups in total. The van der Waals surface area contributed by atoms with Gasteiger partial charge in [-0.15, -0.1) is 0 Å². The SMILES string of the molecule is COc1ccc(-n2nc(C(=O)NCc3ccc(F)cc3)c3c4ccccc4n(C)c3c2=O)cc1Cl. The molecule has 2 heterocycles. The minimum absolute atomic E-state index is 0.0884. The van der Waals surface area contributed by atoms with Crippen LogP contribution < -0.4 is 15.6 Å². The molecule has 0 aliphatic heterocycles. The average Bonchev–Trinajstić information content (AvgIpc) is 3.17. The summed E-state index contributed by atoms with van der Waals surface area (Å²) in [5.41, 5.74) is 1.93. The summed E-state index contributed by atoms with van der Waals surface area (Å²) in [6.07, 6.45) is 0. The number of methoxy groups -OCH3 is 1. The first kappa shape index (κ1) is 22.6. The molecule has 0 spiro atoms. The van der Waals surface area contributed by atoms with E-state index in [0.717, 1.165) is 16.5 Å². The third-order valence-electron chi connectivity index (χ3n) is 5.90. The highest BCUT2D eigenvalue weighted by atomic mass is 35.5. The second kappa shape index (κ2) is 8.88. The van der Waals surface area contributed by atoms with Gasteiger partial charge in [-0.25, -0.2) is 4.39 Å². The summed E-state index contributed by atoms with van der Waals surface area (Å²) < 4.78 is 21.4. The first-order valence-corrected chi connectivity index (χ1v) is 11.1. The van der Waals surface area contributed by atoms with Crippen molar-refractivity contribution >= 4 is 39.3 Å². The maximum Gasteiger partial charge on any atom is 0.296 e. The molecule has 0 aliphatic carbocycles. The largest absolute Gasteiger partial charge is 0.495 e. The summed E-state index contributed by atoms with van der Waals surface area (Å²) in [6, 6.07) is 18.1. The molecule has 9 heteroatoms. The highest BCUT2D eigenvalue weighted by molar-refractivity contribution is 6.32. The summed E-state index contributed by atoms with van der Waals surface area (Å²) in [6.45, 7) is 0.167. The van der Waals surface area contributed by atoms with Crippen LogP contribution in [0.15, 0.2) is 71.5 Å². The molecular formula is C26H20ClFN4O3. The first-order chi connectivity index (χ1) is 16.9. The fourth-order valence-corrected chi connectivity index (χ4v) is 4.42. The van der Waals surface area contributed by atoms with Crippen LogP contribution in [0.5, 0.6) is 5.75 Å². The Labute approximate surface area is 204 Å². The van der Waals surface area contributed by atoms with Crippen LogP contribution in [0.25, 0.3) is 27.5 Å². The Bertz CT molecular complexity index is 1660. The van der Waals surface area contributed by atoms with E-state index < -0.39 is 11.5 Å². The van der Waals surface area contributed by atoms with E-state index in [-0.39, 0.29) is 18.1 Å². The number of benzene rings is 3. The maximum absolute atomic E-state index is 13.6. The van der Waals surface area contributed by atoms with Gasteiger partial charge in [0.05, 0.1) is 17.8 Å². The van der Waals surface area contributed by atoms with Crippen molar-refractivity contribution < 1.29 is 13.9 Å². The lowest BCUT2D eigenvalue weighted by Crippen LogP contribution is -2.30. The van der Waals surface area contributed by atoms with Crippen LogP contribution >= 0.6 is 11.6 Å². The van der Waals surface area contributed by atoms with Crippen LogP contribution in [0, 0.1) is 5.82 Å². The van der Waals surface area contributed by atoms with E-state index >= 15 is 0 Å². The highest BCUT2D eigenvalue weighted by Gasteiger charge is 2.23. The first-order valence-electron chi connectivity index (χ1n) is 10.8. The number of nitrogens with one attached hydrogen (secondary N) is 1. The Kier molecular flexibility index (Phi) is 5.74. The van der Waals surface area contributed by atoms with Gasteiger partial charge in [-0.05, 0) is 42.0 Å². The Balaban J connectivity index is 1.70. The van der Waals surface area contributed by atoms with E-state index in [1.165, 1.54) is 23.9 Å². The van der Waals surface area contributed by atoms with Crippen molar-refractivity contribution in [3.63, 3.8) is 0 Å². The summed E-state index contributed by atoms with van der Waals surface area (Å²) in [4.78, 5) is 27.0. The molecule has 7 nitrogen and oxygen atoms in total. The molecule has 0 fully saturated rings. The number of carbonyl (C=O) groups is 1. The van der Waals surface area contributed by atoms with Crippen LogP contribution in [-0.2, 0) is 13.6 Å². The van der Waals surface area contributed by atoms with E-state index in [0.29, 0.717) is 27.4 Å². The van der Waals surface area contributed by atoms with Crippen LogP contribution in [0.2, 0.25) is 5.02 Å². The van der Waals surface area contributed by atoms with Gasteiger partial charge < -0.3 is 14.6 Å². The number of halogens is 2. The van der Waals surface area contributed by atoms with Crippen molar-refractivity contribution in [1.29, 1.82) is 0 Å². The number of aromatic nitrogens is 3. The lowest BCUT2D eigenvalue weighted by molar-refractivity contribution is 0.0946. The van der Waals surface area contributed by atoms with E-state index in [1.807, 2.05) is 24.3 Å². The zero-order valence-corrected chi connectivity index (χ0v) is 19.6. The number of amides is 1. The number of nitrogens with zero attached hydrogens (tertiary/aromatic N) is 3. The topological polar surface area (TPSA) is 78.2 Å². The molecule has 0 saturated carbocycles. The molecule has 176 valence electrons. The lowest BCUT2D eigenvalue weighted by Gasteiger charge is -2.12. The molecule has 0 radical (unpaired) electrons. The third-order valence-corrected chi connectivity index (χ3v) is 6.20. The van der Waals surface area contributed by atoms with Crippen molar-refractivity contribution in [3.05, 3.63) is 99.2 Å². The minimum Gasteiger partial charge on any atom is -0.495 e. The number of para-hydroxylation sites is 1. The molecule has 2 aromatic heterocycles. The Morgan fingerprint density at radius 2 is 1.86 bits per heavy atom. The highest BCUT2D eigenvalue weighted by Crippen LogP contribution is 2.30. The molecule has 0 bridgehead atoms. The number of rotatable bonds is 5. The van der Waals surface area contributed by atoms with Crippen LogP contribution in [0.1, 0.15) is 16.1 Å². The van der Waals surface area contributed by atoms with Gasteiger partial charge in [-0.3, -0.25) is 9.59 Å². The normalized spacial score (nSPS) is 11.2. The number of hydrogen-bond acceptors (Lipinski definition) is 4. The molecule has 0 atom stereocenters. The van der Waals surface area contributed by atoms with Crippen molar-refractivity contribution in [2.24, 2.45) is 7.05 Å². The second-order valence-corrected chi connectivity index (χ2v) is 8.40. The van der Waals surface area contributed by atoms with Gasteiger partial charge in [-0.2, -0.15) is 9.78 Å². The van der Waals surface area contributed by atoms with Crippen LogP contribution in [0.3, 0.4) is 0 Å². The lowest BCUT2D eigenvalue weighted by atomic mass is 10.1. The Morgan fingerprint density at radius 3 is 2.57 bits per heavy atom. The zero-order chi connectivity index (χ0) is 24.7. The fourth-order valence-electron chi connectivity index (χ4n) is 4.17. The van der Waals surface area contributed by atoms with E-state index in [2.05, 4.69) is 10.4 Å². The molecule has 5 aromatic rings. The fraction of sp³-hybridized carbons (Fsp3) is 0.115. The van der Waals surface area contributed by atoms with Gasteiger partial charge in [0, 0.05) is 29.9 Å². The smallest absolute Gasteiger partial charge is 0.296 e. The van der Waals surface area contributed by atoms with Crippen molar-refractivity contribution in [2.75, 3.05) is 7.11 Å². The van der Waals surface area contributed by atoms with Gasteiger partial charge in [0.25, 0.3) is 11.5 Å². The molecule has 0 aliphatic rings. The number of fused-ring (bicyclic) bond motifs is 3. The van der Waals surface area contributed by atoms with Crippen molar-refractivity contribution in [2.45, 2.75) is 6.54 Å². The second-order valence-electron chi connectivity index (χ2n) is 7.99. The molecule has 0 unspecified atom stereocenters. The van der Waals surface area contributed by atoms with Crippen LogP contribution in [0.4, 0.5) is 4.39 Å². The summed E-state index contributed by atoms with van der Waals surface area (Å²) in [5.74, 6) is -0.375. The number of carbonyl (C=O) groups excluding carboxylic acids is 1. The van der Waals surface area contributed by atoms with Crippen LogP contribution in [-0.4, -0.2) is 27.4 Å².